The Bertz CT molecular complexity index is 234. The fourth-order valence-electron chi connectivity index (χ4n) is 2.98. The Kier molecular flexibility index (Phi) is 11.1. The lowest BCUT2D eigenvalue weighted by Gasteiger charge is -2.37. The summed E-state index contributed by atoms with van der Waals surface area (Å²) in [4.78, 5) is 0. The van der Waals surface area contributed by atoms with E-state index in [0.29, 0.717) is 4.75 Å². The first kappa shape index (κ1) is 18.5. The molecule has 118 valence electrons. The van der Waals surface area contributed by atoms with Crippen molar-refractivity contribution in [2.24, 2.45) is 0 Å². The largest absolute Gasteiger partial charge is 0.150 e. The molecule has 0 aromatic rings. The Morgan fingerprint density at radius 2 is 1.30 bits per heavy atom. The fourth-order valence-corrected chi connectivity index (χ4v) is 4.50. The minimum absolute atomic E-state index is 0.411. The second kappa shape index (κ2) is 12.0. The number of rotatable bonds is 14. The summed E-state index contributed by atoms with van der Waals surface area (Å²) in [5.41, 5.74) is 0. The summed E-state index contributed by atoms with van der Waals surface area (Å²) in [5.74, 6) is 1.32. The molecule has 0 aliphatic carbocycles. The van der Waals surface area contributed by atoms with Gasteiger partial charge in [-0.3, -0.25) is 0 Å². The molecule has 0 saturated carbocycles. The molecule has 0 aromatic heterocycles. The fraction of sp³-hybridized carbons (Fsp3) is 0.944. The number of hydrogen-bond donors (Lipinski definition) is 0. The molecular weight excluding hydrogens is 280 g/mol. The second-order valence-electron chi connectivity index (χ2n) is 6.42. The van der Waals surface area contributed by atoms with Gasteiger partial charge in [0.05, 0.1) is 0 Å². The van der Waals surface area contributed by atoms with Crippen LogP contribution in [0.3, 0.4) is 0 Å². The maximum absolute atomic E-state index is 5.18. The topological polar surface area (TPSA) is 0 Å². The van der Waals surface area contributed by atoms with Crippen LogP contribution in [0.2, 0.25) is 0 Å². The Hall–Kier alpha value is 0.440. The summed E-state index contributed by atoms with van der Waals surface area (Å²) in [5, 5.41) is 2.04. The zero-order chi connectivity index (χ0) is 14.5. The van der Waals surface area contributed by atoms with Crippen molar-refractivity contribution >= 4 is 29.3 Å². The third-order valence-corrected chi connectivity index (χ3v) is 6.69. The molecule has 0 aromatic carbocycles. The van der Waals surface area contributed by atoms with Crippen LogP contribution in [-0.4, -0.2) is 15.9 Å². The third-order valence-electron chi connectivity index (χ3n) is 4.58. The van der Waals surface area contributed by atoms with E-state index < -0.39 is 0 Å². The minimum Gasteiger partial charge on any atom is -0.150 e. The van der Waals surface area contributed by atoms with Crippen molar-refractivity contribution in [3.63, 3.8) is 0 Å². The third kappa shape index (κ3) is 8.02. The molecular formula is C18H34S2. The van der Waals surface area contributed by atoms with Crippen molar-refractivity contribution < 1.29 is 0 Å². The molecule has 0 nitrogen and oxygen atoms in total. The van der Waals surface area contributed by atoms with Gasteiger partial charge in [-0.15, -0.1) is 0 Å². The summed E-state index contributed by atoms with van der Waals surface area (Å²) in [7, 11) is 0. The zero-order valence-electron chi connectivity index (χ0n) is 13.5. The normalized spacial score (nSPS) is 21.6. The molecule has 0 spiro atoms. The van der Waals surface area contributed by atoms with E-state index in [9.17, 15) is 0 Å². The number of thioether (sulfide) groups is 1. The van der Waals surface area contributed by atoms with Gasteiger partial charge in [-0.2, -0.15) is 11.8 Å². The molecule has 0 amide bonds. The Balaban J connectivity index is 1.75. The van der Waals surface area contributed by atoms with Crippen LogP contribution in [0, 0.1) is 0 Å². The average Bonchev–Trinajstić information content (AvgIpc) is 2.42. The number of unbranched alkanes of at least 4 members (excludes halogenated alkanes) is 11. The van der Waals surface area contributed by atoms with Gasteiger partial charge >= 0.3 is 0 Å². The van der Waals surface area contributed by atoms with Gasteiger partial charge in [0, 0.05) is 4.75 Å². The molecule has 1 unspecified atom stereocenters. The van der Waals surface area contributed by atoms with Gasteiger partial charge in [-0.1, -0.05) is 96.2 Å². The highest BCUT2D eigenvalue weighted by atomic mass is 32.2. The molecule has 0 radical (unpaired) electrons. The monoisotopic (exact) mass is 314 g/mol. The van der Waals surface area contributed by atoms with Gasteiger partial charge in [0.2, 0.25) is 0 Å². The van der Waals surface area contributed by atoms with Gasteiger partial charge in [0.25, 0.3) is 0 Å². The van der Waals surface area contributed by atoms with Crippen molar-refractivity contribution in [2.45, 2.75) is 102 Å². The molecule has 1 atom stereocenters. The maximum Gasteiger partial charge on any atom is 0.0449 e. The van der Waals surface area contributed by atoms with Gasteiger partial charge in [0.1, 0.15) is 0 Å². The summed E-state index contributed by atoms with van der Waals surface area (Å²) < 4.78 is 0.411. The maximum atomic E-state index is 5.18. The molecule has 1 aliphatic heterocycles. The van der Waals surface area contributed by atoms with Crippen molar-refractivity contribution in [3.8, 4) is 0 Å². The molecule has 0 bridgehead atoms. The van der Waals surface area contributed by atoms with Gasteiger partial charge in [-0.05, 0) is 24.0 Å². The standard InChI is InChI=1S/C18H34S2/c1-2-3-4-5-6-7-8-9-10-11-12-13-14-18(17-19)15-16-20-18/h17H,2-16H2,1H3. The van der Waals surface area contributed by atoms with Gasteiger partial charge in [-0.25, -0.2) is 0 Å². The molecule has 1 aliphatic rings. The predicted octanol–water partition coefficient (Wildman–Crippen LogP) is 6.95. The predicted molar refractivity (Wildman–Crippen MR) is 99.2 cm³/mol. The first-order valence-electron chi connectivity index (χ1n) is 8.93. The summed E-state index contributed by atoms with van der Waals surface area (Å²) in [6.45, 7) is 2.29. The van der Waals surface area contributed by atoms with E-state index in [-0.39, 0.29) is 0 Å². The molecule has 1 heterocycles. The van der Waals surface area contributed by atoms with Crippen molar-refractivity contribution in [1.29, 1.82) is 0 Å². The Labute approximate surface area is 136 Å². The highest BCUT2D eigenvalue weighted by Gasteiger charge is 2.34. The first-order chi connectivity index (χ1) is 9.83. The zero-order valence-corrected chi connectivity index (χ0v) is 15.1. The Morgan fingerprint density at radius 1 is 0.850 bits per heavy atom. The molecule has 1 rings (SSSR count). The first-order valence-corrected chi connectivity index (χ1v) is 10.4. The Morgan fingerprint density at radius 3 is 1.65 bits per heavy atom. The molecule has 2 heteroatoms. The average molecular weight is 315 g/mol. The molecule has 20 heavy (non-hydrogen) atoms. The SMILES string of the molecule is CCCCCCCCCCCCCCC1(C=S)CCS1. The summed E-state index contributed by atoms with van der Waals surface area (Å²) >= 11 is 7.25. The van der Waals surface area contributed by atoms with Crippen LogP contribution in [0.25, 0.3) is 0 Å². The highest BCUT2D eigenvalue weighted by molar-refractivity contribution is 8.03. The summed E-state index contributed by atoms with van der Waals surface area (Å²) in [6.07, 6.45) is 19.9. The van der Waals surface area contributed by atoms with E-state index >= 15 is 0 Å². The van der Waals surface area contributed by atoms with E-state index in [2.05, 4.69) is 18.7 Å². The van der Waals surface area contributed by atoms with Crippen LogP contribution in [0.1, 0.15) is 96.8 Å². The number of hydrogen-bond acceptors (Lipinski definition) is 2. The quantitative estimate of drug-likeness (QED) is 0.251. The van der Waals surface area contributed by atoms with E-state index in [0.717, 1.165) is 0 Å². The second-order valence-corrected chi connectivity index (χ2v) is 8.17. The van der Waals surface area contributed by atoms with E-state index in [1.165, 1.54) is 95.6 Å². The lowest BCUT2D eigenvalue weighted by atomic mass is 9.97. The van der Waals surface area contributed by atoms with Crippen molar-refractivity contribution in [2.75, 3.05) is 5.75 Å². The molecule has 0 N–H and O–H groups in total. The molecule has 1 fully saturated rings. The number of thiocarbonyl (C=S) groups is 1. The van der Waals surface area contributed by atoms with Crippen LogP contribution < -0.4 is 0 Å². The van der Waals surface area contributed by atoms with E-state index in [4.69, 9.17) is 12.2 Å². The van der Waals surface area contributed by atoms with Crippen LogP contribution >= 0.6 is 24.0 Å². The lowest BCUT2D eigenvalue weighted by Crippen LogP contribution is -2.35. The minimum atomic E-state index is 0.411. The summed E-state index contributed by atoms with van der Waals surface area (Å²) in [6, 6.07) is 0. The van der Waals surface area contributed by atoms with Crippen LogP contribution in [0.4, 0.5) is 0 Å². The lowest BCUT2D eigenvalue weighted by molar-refractivity contribution is 0.524. The molecule has 1 saturated heterocycles. The van der Waals surface area contributed by atoms with Crippen molar-refractivity contribution in [3.05, 3.63) is 0 Å². The van der Waals surface area contributed by atoms with Crippen molar-refractivity contribution in [1.82, 2.24) is 0 Å². The van der Waals surface area contributed by atoms with Crippen LogP contribution in [0.5, 0.6) is 0 Å². The van der Waals surface area contributed by atoms with Crippen LogP contribution in [0.15, 0.2) is 0 Å². The van der Waals surface area contributed by atoms with Gasteiger partial charge in [0.15, 0.2) is 0 Å². The smallest absolute Gasteiger partial charge is 0.0449 e. The van der Waals surface area contributed by atoms with E-state index in [1.54, 1.807) is 0 Å². The van der Waals surface area contributed by atoms with Crippen LogP contribution in [-0.2, 0) is 0 Å². The van der Waals surface area contributed by atoms with Gasteiger partial charge < -0.3 is 0 Å². The van der Waals surface area contributed by atoms with E-state index in [1.807, 2.05) is 5.37 Å². The highest BCUT2D eigenvalue weighted by Crippen LogP contribution is 2.43.